The van der Waals surface area contributed by atoms with Crippen LogP contribution in [0.15, 0.2) is 18.2 Å². The maximum atomic E-state index is 12.6. The number of likely N-dealkylation sites (tertiary alicyclic amines) is 1. The molecule has 1 unspecified atom stereocenters. The summed E-state index contributed by atoms with van der Waals surface area (Å²) in [5.74, 6) is -0.453. The zero-order valence-corrected chi connectivity index (χ0v) is 13.7. The fraction of sp³-hybridized carbons (Fsp3) is 0.467. The minimum absolute atomic E-state index is 0.0554. The summed E-state index contributed by atoms with van der Waals surface area (Å²) < 4.78 is 0. The lowest BCUT2D eigenvalue weighted by Gasteiger charge is -2.32. The molecule has 1 aliphatic heterocycles. The van der Waals surface area contributed by atoms with Gasteiger partial charge >= 0.3 is 0 Å². The van der Waals surface area contributed by atoms with E-state index in [0.29, 0.717) is 36.8 Å². The Morgan fingerprint density at radius 1 is 1.36 bits per heavy atom. The van der Waals surface area contributed by atoms with Crippen molar-refractivity contribution in [3.05, 3.63) is 33.8 Å². The Bertz CT molecular complexity index is 566. The van der Waals surface area contributed by atoms with E-state index < -0.39 is 0 Å². The predicted octanol–water partition coefficient (Wildman–Crippen LogP) is 1.92. The van der Waals surface area contributed by atoms with Crippen LogP contribution in [0.3, 0.4) is 0 Å². The van der Waals surface area contributed by atoms with Crippen LogP contribution in [0, 0.1) is 5.92 Å². The smallest absolute Gasteiger partial charge is 0.255 e. The van der Waals surface area contributed by atoms with Crippen molar-refractivity contribution >= 4 is 35.0 Å². The molecule has 7 heteroatoms. The summed E-state index contributed by atoms with van der Waals surface area (Å²) in [6, 6.07) is 4.98. The number of carbonyl (C=O) groups is 2. The molecule has 1 aromatic carbocycles. The third-order valence-electron chi connectivity index (χ3n) is 3.70. The van der Waals surface area contributed by atoms with Gasteiger partial charge in [0.25, 0.3) is 5.91 Å². The predicted molar refractivity (Wildman–Crippen MR) is 87.2 cm³/mol. The van der Waals surface area contributed by atoms with E-state index in [2.05, 4.69) is 5.32 Å². The third kappa shape index (κ3) is 3.91. The number of nitrogens with zero attached hydrogens (tertiary/aromatic N) is 1. The zero-order valence-electron chi connectivity index (χ0n) is 12.1. The van der Waals surface area contributed by atoms with Gasteiger partial charge < -0.3 is 16.0 Å². The first kappa shape index (κ1) is 17.1. The van der Waals surface area contributed by atoms with Crippen molar-refractivity contribution in [1.82, 2.24) is 10.2 Å². The molecular weight excluding hydrogens is 325 g/mol. The second-order valence-electron chi connectivity index (χ2n) is 5.27. The van der Waals surface area contributed by atoms with Crippen LogP contribution in [0.25, 0.3) is 0 Å². The fourth-order valence-corrected chi connectivity index (χ4v) is 2.94. The highest BCUT2D eigenvalue weighted by Crippen LogP contribution is 2.28. The Labute approximate surface area is 139 Å². The number of nitrogens with two attached hydrogens (primary N) is 1. The van der Waals surface area contributed by atoms with Crippen molar-refractivity contribution in [3.63, 3.8) is 0 Å². The lowest BCUT2D eigenvalue weighted by molar-refractivity contribution is -0.126. The highest BCUT2D eigenvalue weighted by molar-refractivity contribution is 6.43. The topological polar surface area (TPSA) is 75.4 Å². The van der Waals surface area contributed by atoms with Crippen molar-refractivity contribution in [3.8, 4) is 0 Å². The summed E-state index contributed by atoms with van der Waals surface area (Å²) in [4.78, 5) is 26.3. The van der Waals surface area contributed by atoms with Gasteiger partial charge in [0.2, 0.25) is 5.91 Å². The monoisotopic (exact) mass is 343 g/mol. The molecule has 5 nitrogen and oxygen atoms in total. The van der Waals surface area contributed by atoms with E-state index >= 15 is 0 Å². The van der Waals surface area contributed by atoms with E-state index in [0.717, 1.165) is 12.8 Å². The fourth-order valence-electron chi connectivity index (χ4n) is 2.55. The van der Waals surface area contributed by atoms with E-state index in [1.165, 1.54) is 0 Å². The Morgan fingerprint density at radius 2 is 2.14 bits per heavy atom. The minimum Gasteiger partial charge on any atom is -0.355 e. The Morgan fingerprint density at radius 3 is 2.86 bits per heavy atom. The number of carbonyl (C=O) groups excluding carboxylic acids is 2. The molecule has 1 aliphatic rings. The molecule has 0 spiro atoms. The average molecular weight is 344 g/mol. The average Bonchev–Trinajstić information content (AvgIpc) is 2.54. The van der Waals surface area contributed by atoms with E-state index in [9.17, 15) is 9.59 Å². The molecule has 1 fully saturated rings. The second-order valence-corrected chi connectivity index (χ2v) is 6.06. The van der Waals surface area contributed by atoms with Crippen molar-refractivity contribution in [2.75, 3.05) is 26.2 Å². The standard InChI is InChI=1S/C15H19Cl2N3O2/c16-12-5-1-4-11(13(12)17)15(22)20-8-2-3-10(9-20)14(21)19-7-6-18/h1,4-5,10H,2-3,6-9,18H2,(H,19,21). The number of amides is 2. The third-order valence-corrected chi connectivity index (χ3v) is 4.52. The van der Waals surface area contributed by atoms with Gasteiger partial charge in [0.1, 0.15) is 0 Å². The Hall–Kier alpha value is -1.30. The normalized spacial score (nSPS) is 18.1. The van der Waals surface area contributed by atoms with Crippen LogP contribution in [0.4, 0.5) is 0 Å². The number of nitrogens with one attached hydrogen (secondary N) is 1. The maximum absolute atomic E-state index is 12.6. The van der Waals surface area contributed by atoms with E-state index in [4.69, 9.17) is 28.9 Å². The molecule has 0 saturated carbocycles. The summed E-state index contributed by atoms with van der Waals surface area (Å²) >= 11 is 12.1. The first-order chi connectivity index (χ1) is 10.5. The van der Waals surface area contributed by atoms with Crippen molar-refractivity contribution in [2.24, 2.45) is 11.7 Å². The highest BCUT2D eigenvalue weighted by Gasteiger charge is 2.29. The molecule has 0 radical (unpaired) electrons. The number of piperidine rings is 1. The Balaban J connectivity index is 2.07. The van der Waals surface area contributed by atoms with E-state index in [1.807, 2.05) is 0 Å². The summed E-state index contributed by atoms with van der Waals surface area (Å²) in [5.41, 5.74) is 5.75. The molecule has 0 aromatic heterocycles. The number of hydrogen-bond donors (Lipinski definition) is 2. The Kier molecular flexibility index (Phi) is 6.06. The number of hydrogen-bond acceptors (Lipinski definition) is 3. The molecule has 2 rings (SSSR count). The van der Waals surface area contributed by atoms with Crippen LogP contribution >= 0.6 is 23.2 Å². The molecule has 3 N–H and O–H groups in total. The highest BCUT2D eigenvalue weighted by atomic mass is 35.5. The van der Waals surface area contributed by atoms with Crippen LogP contribution in [-0.2, 0) is 4.79 Å². The summed E-state index contributed by atoms with van der Waals surface area (Å²) in [7, 11) is 0. The quantitative estimate of drug-likeness (QED) is 0.876. The van der Waals surface area contributed by atoms with Crippen LogP contribution < -0.4 is 11.1 Å². The second kappa shape index (κ2) is 7.81. The van der Waals surface area contributed by atoms with Gasteiger partial charge in [-0.25, -0.2) is 0 Å². The molecule has 1 saturated heterocycles. The summed E-state index contributed by atoms with van der Waals surface area (Å²) in [5, 5.41) is 3.38. The van der Waals surface area contributed by atoms with Crippen molar-refractivity contribution in [2.45, 2.75) is 12.8 Å². The van der Waals surface area contributed by atoms with Gasteiger partial charge in [-0.2, -0.15) is 0 Å². The molecule has 0 bridgehead atoms. The van der Waals surface area contributed by atoms with E-state index in [-0.39, 0.29) is 22.8 Å². The summed E-state index contributed by atoms with van der Waals surface area (Å²) in [6.45, 7) is 1.85. The SMILES string of the molecule is NCCNC(=O)C1CCCN(C(=O)c2cccc(Cl)c2Cl)C1. The zero-order chi connectivity index (χ0) is 16.1. The van der Waals surface area contributed by atoms with Crippen LogP contribution in [0.1, 0.15) is 23.2 Å². The lowest BCUT2D eigenvalue weighted by Crippen LogP contribution is -2.46. The van der Waals surface area contributed by atoms with Gasteiger partial charge in [-0.15, -0.1) is 0 Å². The van der Waals surface area contributed by atoms with Crippen molar-refractivity contribution in [1.29, 1.82) is 0 Å². The molecular formula is C15H19Cl2N3O2. The van der Waals surface area contributed by atoms with Gasteiger partial charge in [0.05, 0.1) is 21.5 Å². The van der Waals surface area contributed by atoms with Crippen LogP contribution in [0.5, 0.6) is 0 Å². The number of benzene rings is 1. The molecule has 1 heterocycles. The number of rotatable bonds is 4. The molecule has 0 aliphatic carbocycles. The lowest BCUT2D eigenvalue weighted by atomic mass is 9.96. The molecule has 22 heavy (non-hydrogen) atoms. The van der Waals surface area contributed by atoms with Gasteiger partial charge in [-0.1, -0.05) is 29.3 Å². The first-order valence-electron chi connectivity index (χ1n) is 7.25. The van der Waals surface area contributed by atoms with Crippen LogP contribution in [0.2, 0.25) is 10.0 Å². The maximum Gasteiger partial charge on any atom is 0.255 e. The number of halogens is 2. The van der Waals surface area contributed by atoms with Gasteiger partial charge in [-0.05, 0) is 25.0 Å². The molecule has 120 valence electrons. The van der Waals surface area contributed by atoms with Gasteiger partial charge in [-0.3, -0.25) is 9.59 Å². The van der Waals surface area contributed by atoms with Gasteiger partial charge in [0, 0.05) is 26.2 Å². The molecule has 2 amide bonds. The molecule has 1 atom stereocenters. The summed E-state index contributed by atoms with van der Waals surface area (Å²) in [6.07, 6.45) is 1.55. The van der Waals surface area contributed by atoms with E-state index in [1.54, 1.807) is 23.1 Å². The largest absolute Gasteiger partial charge is 0.355 e. The molecule has 1 aromatic rings. The van der Waals surface area contributed by atoms with Crippen molar-refractivity contribution < 1.29 is 9.59 Å². The minimum atomic E-state index is -0.206. The van der Waals surface area contributed by atoms with Gasteiger partial charge in [0.15, 0.2) is 0 Å². The van der Waals surface area contributed by atoms with Crippen LogP contribution in [-0.4, -0.2) is 42.9 Å². The first-order valence-corrected chi connectivity index (χ1v) is 8.01.